The summed E-state index contributed by atoms with van der Waals surface area (Å²) in [6, 6.07) is 6.12. The number of fused-ring (bicyclic) bond motifs is 1. The van der Waals surface area contributed by atoms with Crippen molar-refractivity contribution in [2.24, 2.45) is 0 Å². The highest BCUT2D eigenvalue weighted by Crippen LogP contribution is 2.28. The molecule has 0 radical (unpaired) electrons. The minimum Gasteiger partial charge on any atom is -0.384 e. The number of halogens is 1. The second-order valence-corrected chi connectivity index (χ2v) is 3.57. The molecule has 0 aliphatic carbocycles. The summed E-state index contributed by atoms with van der Waals surface area (Å²) in [6.45, 7) is 1.05. The second-order valence-electron chi connectivity index (χ2n) is 3.16. The number of para-hydroxylation sites is 1. The van der Waals surface area contributed by atoms with Crippen LogP contribution in [0.4, 0.5) is 5.69 Å². The molecule has 0 unspecified atom stereocenters. The van der Waals surface area contributed by atoms with Gasteiger partial charge in [-0.1, -0.05) is 23.7 Å². The first-order valence-electron chi connectivity index (χ1n) is 4.39. The summed E-state index contributed by atoms with van der Waals surface area (Å²) in [5.74, 6) is 0. The van der Waals surface area contributed by atoms with Crippen LogP contribution >= 0.6 is 11.6 Å². The highest BCUT2D eigenvalue weighted by molar-refractivity contribution is 6.33. The van der Waals surface area contributed by atoms with Gasteiger partial charge in [-0.3, -0.25) is 0 Å². The van der Waals surface area contributed by atoms with Gasteiger partial charge in [0.05, 0.1) is 10.7 Å². The van der Waals surface area contributed by atoms with Gasteiger partial charge < -0.3 is 5.32 Å². The standard InChI is InChI=1S/C10H12ClN/c11-9-6-3-5-8-4-1-2-7-12-10(8)9/h3,5-6,12H,1-2,4,7H2. The molecule has 0 spiro atoms. The zero-order valence-corrected chi connectivity index (χ0v) is 7.69. The number of hydrogen-bond donors (Lipinski definition) is 1. The highest BCUT2D eigenvalue weighted by atomic mass is 35.5. The van der Waals surface area contributed by atoms with Crippen molar-refractivity contribution in [2.75, 3.05) is 11.9 Å². The van der Waals surface area contributed by atoms with E-state index in [4.69, 9.17) is 11.6 Å². The molecule has 1 aromatic rings. The number of nitrogens with one attached hydrogen (secondary N) is 1. The van der Waals surface area contributed by atoms with E-state index in [-0.39, 0.29) is 0 Å². The Morgan fingerprint density at radius 2 is 2.17 bits per heavy atom. The predicted molar refractivity (Wildman–Crippen MR) is 52.9 cm³/mol. The van der Waals surface area contributed by atoms with Crippen molar-refractivity contribution in [1.29, 1.82) is 0 Å². The molecule has 0 bridgehead atoms. The lowest BCUT2D eigenvalue weighted by molar-refractivity contribution is 0.785. The molecule has 64 valence electrons. The first-order chi connectivity index (χ1) is 5.88. The fourth-order valence-electron chi connectivity index (χ4n) is 1.63. The molecule has 0 saturated heterocycles. The van der Waals surface area contributed by atoms with Crippen LogP contribution in [0.2, 0.25) is 5.02 Å². The molecule has 0 saturated carbocycles. The predicted octanol–water partition coefficient (Wildman–Crippen LogP) is 3.09. The van der Waals surface area contributed by atoms with Gasteiger partial charge in [0.1, 0.15) is 0 Å². The van der Waals surface area contributed by atoms with Gasteiger partial charge in [-0.2, -0.15) is 0 Å². The van der Waals surface area contributed by atoms with Gasteiger partial charge in [-0.05, 0) is 30.9 Å². The zero-order valence-electron chi connectivity index (χ0n) is 6.94. The molecule has 1 N–H and O–H groups in total. The maximum absolute atomic E-state index is 6.05. The van der Waals surface area contributed by atoms with E-state index in [1.165, 1.54) is 18.4 Å². The lowest BCUT2D eigenvalue weighted by Gasteiger charge is -2.08. The van der Waals surface area contributed by atoms with Gasteiger partial charge in [0, 0.05) is 6.54 Å². The third-order valence-electron chi connectivity index (χ3n) is 2.27. The second kappa shape index (κ2) is 3.36. The van der Waals surface area contributed by atoms with Crippen molar-refractivity contribution >= 4 is 17.3 Å². The smallest absolute Gasteiger partial charge is 0.0640 e. The zero-order chi connectivity index (χ0) is 8.39. The summed E-state index contributed by atoms with van der Waals surface area (Å²) in [6.07, 6.45) is 3.66. The van der Waals surface area contributed by atoms with Gasteiger partial charge in [0.15, 0.2) is 0 Å². The monoisotopic (exact) mass is 181 g/mol. The third kappa shape index (κ3) is 1.42. The number of rotatable bonds is 0. The lowest BCUT2D eigenvalue weighted by atomic mass is 10.1. The molecule has 0 atom stereocenters. The Morgan fingerprint density at radius 1 is 1.25 bits per heavy atom. The van der Waals surface area contributed by atoms with Crippen LogP contribution in [0.15, 0.2) is 18.2 Å². The largest absolute Gasteiger partial charge is 0.384 e. The maximum atomic E-state index is 6.05. The van der Waals surface area contributed by atoms with Gasteiger partial charge >= 0.3 is 0 Å². The van der Waals surface area contributed by atoms with Crippen LogP contribution in [0.3, 0.4) is 0 Å². The van der Waals surface area contributed by atoms with E-state index in [1.54, 1.807) is 0 Å². The number of anilines is 1. The van der Waals surface area contributed by atoms with Crippen LogP contribution in [0, 0.1) is 0 Å². The first-order valence-corrected chi connectivity index (χ1v) is 4.77. The van der Waals surface area contributed by atoms with Gasteiger partial charge in [0.2, 0.25) is 0 Å². The topological polar surface area (TPSA) is 12.0 Å². The molecule has 1 aromatic carbocycles. The number of hydrogen-bond acceptors (Lipinski definition) is 1. The molecule has 1 nitrogen and oxygen atoms in total. The van der Waals surface area contributed by atoms with E-state index in [0.29, 0.717) is 0 Å². The molecule has 12 heavy (non-hydrogen) atoms. The third-order valence-corrected chi connectivity index (χ3v) is 2.59. The van der Waals surface area contributed by atoms with Crippen LogP contribution in [0.1, 0.15) is 18.4 Å². The molecular formula is C10H12ClN. The van der Waals surface area contributed by atoms with E-state index in [0.717, 1.165) is 23.7 Å². The Morgan fingerprint density at radius 3 is 3.08 bits per heavy atom. The van der Waals surface area contributed by atoms with Crippen molar-refractivity contribution < 1.29 is 0 Å². The number of benzene rings is 1. The lowest BCUT2D eigenvalue weighted by Crippen LogP contribution is -1.99. The molecule has 1 heterocycles. The molecule has 2 rings (SSSR count). The minimum absolute atomic E-state index is 0.856. The summed E-state index contributed by atoms with van der Waals surface area (Å²) < 4.78 is 0. The minimum atomic E-state index is 0.856. The van der Waals surface area contributed by atoms with Crippen molar-refractivity contribution in [3.05, 3.63) is 28.8 Å². The summed E-state index contributed by atoms with van der Waals surface area (Å²) in [5.41, 5.74) is 2.51. The Hall–Kier alpha value is -0.690. The Balaban J connectivity index is 2.42. The molecule has 2 heteroatoms. The molecule has 1 aliphatic heterocycles. The van der Waals surface area contributed by atoms with Gasteiger partial charge in [-0.15, -0.1) is 0 Å². The van der Waals surface area contributed by atoms with Crippen LogP contribution in [0.5, 0.6) is 0 Å². The van der Waals surface area contributed by atoms with Gasteiger partial charge in [-0.25, -0.2) is 0 Å². The first kappa shape index (κ1) is 7.93. The van der Waals surface area contributed by atoms with Crippen molar-refractivity contribution in [1.82, 2.24) is 0 Å². The molecule has 1 aliphatic rings. The molecular weight excluding hydrogens is 170 g/mol. The fourth-order valence-corrected chi connectivity index (χ4v) is 1.89. The Bertz CT molecular complexity index is 283. The average molecular weight is 182 g/mol. The van der Waals surface area contributed by atoms with Crippen molar-refractivity contribution in [2.45, 2.75) is 19.3 Å². The highest BCUT2D eigenvalue weighted by Gasteiger charge is 2.08. The summed E-state index contributed by atoms with van der Waals surface area (Å²) >= 11 is 6.05. The Labute approximate surface area is 77.7 Å². The Kier molecular flexibility index (Phi) is 2.22. The average Bonchev–Trinajstić information content (AvgIpc) is 2.30. The van der Waals surface area contributed by atoms with Gasteiger partial charge in [0.25, 0.3) is 0 Å². The molecule has 0 aromatic heterocycles. The normalized spacial score (nSPS) is 16.1. The van der Waals surface area contributed by atoms with Crippen LogP contribution in [-0.4, -0.2) is 6.54 Å². The maximum Gasteiger partial charge on any atom is 0.0640 e. The van der Waals surface area contributed by atoms with E-state index >= 15 is 0 Å². The molecule has 0 amide bonds. The number of aryl methyl sites for hydroxylation is 1. The van der Waals surface area contributed by atoms with Crippen molar-refractivity contribution in [3.63, 3.8) is 0 Å². The quantitative estimate of drug-likeness (QED) is 0.649. The summed E-state index contributed by atoms with van der Waals surface area (Å²) in [7, 11) is 0. The van der Waals surface area contributed by atoms with Crippen LogP contribution in [-0.2, 0) is 6.42 Å². The SMILES string of the molecule is Clc1cccc2c1NCCCC2. The summed E-state index contributed by atoms with van der Waals surface area (Å²) in [4.78, 5) is 0. The summed E-state index contributed by atoms with van der Waals surface area (Å²) in [5, 5.41) is 4.22. The van der Waals surface area contributed by atoms with E-state index in [9.17, 15) is 0 Å². The van der Waals surface area contributed by atoms with E-state index in [1.807, 2.05) is 12.1 Å². The van der Waals surface area contributed by atoms with Crippen LogP contribution in [0.25, 0.3) is 0 Å². The van der Waals surface area contributed by atoms with E-state index < -0.39 is 0 Å². The molecule has 0 fully saturated rings. The van der Waals surface area contributed by atoms with Crippen LogP contribution < -0.4 is 5.32 Å². The van der Waals surface area contributed by atoms with E-state index in [2.05, 4.69) is 11.4 Å². The van der Waals surface area contributed by atoms with Crippen molar-refractivity contribution in [3.8, 4) is 0 Å². The fraction of sp³-hybridized carbons (Fsp3) is 0.400.